The molecule has 0 spiro atoms. The van der Waals surface area contributed by atoms with Crippen LogP contribution in [0.15, 0.2) is 54.6 Å². The third kappa shape index (κ3) is 4.45. The molecule has 0 saturated heterocycles. The number of rotatable bonds is 5. The Morgan fingerprint density at radius 1 is 1.19 bits per heavy atom. The lowest BCUT2D eigenvalue weighted by atomic mass is 10.2. The summed E-state index contributed by atoms with van der Waals surface area (Å²) in [4.78, 5) is 11.7. The second-order valence-corrected chi connectivity index (χ2v) is 4.41. The van der Waals surface area contributed by atoms with Crippen molar-refractivity contribution in [3.05, 3.63) is 71.6 Å². The summed E-state index contributed by atoms with van der Waals surface area (Å²) in [6.45, 7) is 0.386. The molecule has 0 radical (unpaired) electrons. The Hall–Kier alpha value is -2.62. The zero-order valence-corrected chi connectivity index (χ0v) is 11.7. The van der Waals surface area contributed by atoms with Crippen LogP contribution < -0.4 is 10.1 Å². The van der Waals surface area contributed by atoms with Crippen molar-refractivity contribution in [3.63, 3.8) is 0 Å². The van der Waals surface area contributed by atoms with E-state index in [9.17, 15) is 9.18 Å². The molecule has 1 amide bonds. The summed E-state index contributed by atoms with van der Waals surface area (Å²) in [5.41, 5.74) is 1.67. The molecular weight excluding hydrogens is 269 g/mol. The molecule has 2 aromatic carbocycles. The van der Waals surface area contributed by atoms with Gasteiger partial charge in [0, 0.05) is 18.2 Å². The van der Waals surface area contributed by atoms with Gasteiger partial charge in [-0.25, -0.2) is 4.39 Å². The fourth-order valence-corrected chi connectivity index (χ4v) is 1.84. The summed E-state index contributed by atoms with van der Waals surface area (Å²) < 4.78 is 18.0. The van der Waals surface area contributed by atoms with E-state index in [1.165, 1.54) is 18.2 Å². The van der Waals surface area contributed by atoms with Crippen molar-refractivity contribution in [1.82, 2.24) is 5.32 Å². The molecular formula is C17H16FNO2. The minimum atomic E-state index is -0.298. The van der Waals surface area contributed by atoms with E-state index in [4.69, 9.17) is 4.74 Å². The van der Waals surface area contributed by atoms with E-state index in [1.54, 1.807) is 25.3 Å². The lowest BCUT2D eigenvalue weighted by molar-refractivity contribution is -0.116. The van der Waals surface area contributed by atoms with Crippen LogP contribution >= 0.6 is 0 Å². The molecule has 1 N–H and O–H groups in total. The van der Waals surface area contributed by atoms with E-state index in [-0.39, 0.29) is 11.7 Å². The van der Waals surface area contributed by atoms with Crippen molar-refractivity contribution in [3.8, 4) is 5.75 Å². The summed E-state index contributed by atoms with van der Waals surface area (Å²) in [5.74, 6) is 0.221. The Labute approximate surface area is 123 Å². The van der Waals surface area contributed by atoms with Crippen LogP contribution in [0.5, 0.6) is 5.75 Å². The van der Waals surface area contributed by atoms with Crippen molar-refractivity contribution < 1.29 is 13.9 Å². The highest BCUT2D eigenvalue weighted by Crippen LogP contribution is 2.16. The molecule has 0 atom stereocenters. The molecule has 0 fully saturated rings. The number of halogens is 1. The molecule has 0 saturated carbocycles. The molecule has 4 heteroatoms. The quantitative estimate of drug-likeness (QED) is 0.857. The summed E-state index contributed by atoms with van der Waals surface area (Å²) in [6.07, 6.45) is 3.06. The van der Waals surface area contributed by atoms with Gasteiger partial charge in [0.25, 0.3) is 0 Å². The van der Waals surface area contributed by atoms with Crippen molar-refractivity contribution in [1.29, 1.82) is 0 Å². The number of para-hydroxylation sites is 1. The number of nitrogens with one attached hydrogen (secondary N) is 1. The van der Waals surface area contributed by atoms with E-state index < -0.39 is 0 Å². The van der Waals surface area contributed by atoms with Crippen molar-refractivity contribution >= 4 is 12.0 Å². The molecule has 2 aromatic rings. The van der Waals surface area contributed by atoms with E-state index in [2.05, 4.69) is 5.32 Å². The Kier molecular flexibility index (Phi) is 5.10. The van der Waals surface area contributed by atoms with E-state index in [1.807, 2.05) is 24.3 Å². The van der Waals surface area contributed by atoms with Crippen LogP contribution in [-0.2, 0) is 11.3 Å². The maximum absolute atomic E-state index is 12.8. The average molecular weight is 285 g/mol. The van der Waals surface area contributed by atoms with Crippen molar-refractivity contribution in [2.45, 2.75) is 6.54 Å². The van der Waals surface area contributed by atoms with Crippen LogP contribution in [-0.4, -0.2) is 13.0 Å². The SMILES string of the molecule is COc1ccccc1CNC(=O)C=Cc1ccc(F)cc1. The predicted octanol–water partition coefficient (Wildman–Crippen LogP) is 3.16. The Morgan fingerprint density at radius 2 is 1.90 bits per heavy atom. The molecule has 0 bridgehead atoms. The Bertz CT molecular complexity index is 635. The van der Waals surface area contributed by atoms with Gasteiger partial charge < -0.3 is 10.1 Å². The minimum absolute atomic E-state index is 0.217. The van der Waals surface area contributed by atoms with Gasteiger partial charge in [-0.2, -0.15) is 0 Å². The zero-order valence-electron chi connectivity index (χ0n) is 11.7. The second kappa shape index (κ2) is 7.24. The molecule has 3 nitrogen and oxygen atoms in total. The van der Waals surface area contributed by atoms with Crippen molar-refractivity contribution in [2.75, 3.05) is 7.11 Å². The normalized spacial score (nSPS) is 10.6. The number of ether oxygens (including phenoxy) is 1. The van der Waals surface area contributed by atoms with Gasteiger partial charge in [0.1, 0.15) is 11.6 Å². The highest BCUT2D eigenvalue weighted by atomic mass is 19.1. The number of amides is 1. The highest BCUT2D eigenvalue weighted by molar-refractivity contribution is 5.91. The van der Waals surface area contributed by atoms with Gasteiger partial charge in [0.2, 0.25) is 5.91 Å². The average Bonchev–Trinajstić information content (AvgIpc) is 2.52. The van der Waals surface area contributed by atoms with Crippen LogP contribution in [0.4, 0.5) is 4.39 Å². The summed E-state index contributed by atoms with van der Waals surface area (Å²) in [6, 6.07) is 13.4. The fourth-order valence-electron chi connectivity index (χ4n) is 1.84. The first-order valence-corrected chi connectivity index (χ1v) is 6.52. The monoisotopic (exact) mass is 285 g/mol. The third-order valence-corrected chi connectivity index (χ3v) is 2.94. The number of methoxy groups -OCH3 is 1. The first-order chi connectivity index (χ1) is 10.2. The maximum Gasteiger partial charge on any atom is 0.244 e. The summed E-state index contributed by atoms with van der Waals surface area (Å²) >= 11 is 0. The number of carbonyl (C=O) groups excluding carboxylic acids is 1. The molecule has 0 aliphatic heterocycles. The van der Waals surface area contributed by atoms with Gasteiger partial charge in [-0.1, -0.05) is 30.3 Å². The first-order valence-electron chi connectivity index (χ1n) is 6.52. The Morgan fingerprint density at radius 3 is 2.62 bits per heavy atom. The van der Waals surface area contributed by atoms with Gasteiger partial charge in [0.15, 0.2) is 0 Å². The second-order valence-electron chi connectivity index (χ2n) is 4.41. The standard InChI is InChI=1S/C17H16FNO2/c1-21-16-5-3-2-4-14(16)12-19-17(20)11-8-13-6-9-15(18)10-7-13/h2-11H,12H2,1H3,(H,19,20). The number of hydrogen-bond acceptors (Lipinski definition) is 2. The van der Waals surface area contributed by atoms with Crippen molar-refractivity contribution in [2.24, 2.45) is 0 Å². The van der Waals surface area contributed by atoms with Gasteiger partial charge >= 0.3 is 0 Å². The van der Waals surface area contributed by atoms with Gasteiger partial charge in [0.05, 0.1) is 7.11 Å². The number of benzene rings is 2. The maximum atomic E-state index is 12.8. The van der Waals surface area contributed by atoms with E-state index in [0.29, 0.717) is 6.54 Å². The smallest absolute Gasteiger partial charge is 0.244 e. The lowest BCUT2D eigenvalue weighted by Gasteiger charge is -2.08. The van der Waals surface area contributed by atoms with Crippen LogP contribution in [0.1, 0.15) is 11.1 Å². The van der Waals surface area contributed by atoms with Crippen LogP contribution in [0, 0.1) is 5.82 Å². The van der Waals surface area contributed by atoms with Gasteiger partial charge in [-0.05, 0) is 29.8 Å². The summed E-state index contributed by atoms with van der Waals surface area (Å²) in [7, 11) is 1.59. The molecule has 2 rings (SSSR count). The summed E-state index contributed by atoms with van der Waals surface area (Å²) in [5, 5.41) is 2.78. The molecule has 0 aromatic heterocycles. The molecule has 21 heavy (non-hydrogen) atoms. The van der Waals surface area contributed by atoms with Crippen LogP contribution in [0.2, 0.25) is 0 Å². The molecule has 0 unspecified atom stereocenters. The third-order valence-electron chi connectivity index (χ3n) is 2.94. The minimum Gasteiger partial charge on any atom is -0.496 e. The lowest BCUT2D eigenvalue weighted by Crippen LogP contribution is -2.20. The molecule has 108 valence electrons. The number of carbonyl (C=O) groups is 1. The van der Waals surface area contributed by atoms with Gasteiger partial charge in [-0.3, -0.25) is 4.79 Å². The van der Waals surface area contributed by atoms with Crippen LogP contribution in [0.3, 0.4) is 0 Å². The van der Waals surface area contributed by atoms with E-state index in [0.717, 1.165) is 16.9 Å². The molecule has 0 aliphatic rings. The Balaban J connectivity index is 1.91. The molecule has 0 heterocycles. The predicted molar refractivity (Wildman–Crippen MR) is 80.3 cm³/mol. The fraction of sp³-hybridized carbons (Fsp3) is 0.118. The highest BCUT2D eigenvalue weighted by Gasteiger charge is 2.02. The largest absolute Gasteiger partial charge is 0.496 e. The topological polar surface area (TPSA) is 38.3 Å². The number of hydrogen-bond donors (Lipinski definition) is 1. The van der Waals surface area contributed by atoms with Gasteiger partial charge in [-0.15, -0.1) is 0 Å². The van der Waals surface area contributed by atoms with E-state index >= 15 is 0 Å². The zero-order chi connectivity index (χ0) is 15.1. The van der Waals surface area contributed by atoms with Crippen LogP contribution in [0.25, 0.3) is 6.08 Å². The molecule has 0 aliphatic carbocycles. The first kappa shape index (κ1) is 14.8.